The van der Waals surface area contributed by atoms with Crippen molar-refractivity contribution in [2.75, 3.05) is 33.9 Å². The topological polar surface area (TPSA) is 33.7 Å². The Bertz CT molecular complexity index is 534. The van der Waals surface area contributed by atoms with Crippen LogP contribution in [0.5, 0.6) is 11.5 Å². The lowest BCUT2D eigenvalue weighted by molar-refractivity contribution is 0.267. The predicted molar refractivity (Wildman–Crippen MR) is 94.3 cm³/mol. The number of likely N-dealkylation sites (N-methyl/N-ethyl adjacent to an activating group) is 1. The van der Waals surface area contributed by atoms with E-state index >= 15 is 0 Å². The van der Waals surface area contributed by atoms with E-state index < -0.39 is 0 Å². The minimum atomic E-state index is 0.570. The average molecular weight is 322 g/mol. The minimum absolute atomic E-state index is 0.570. The first kappa shape index (κ1) is 17.0. The van der Waals surface area contributed by atoms with Crippen LogP contribution in [-0.4, -0.2) is 49.8 Å². The van der Waals surface area contributed by atoms with Gasteiger partial charge in [-0.1, -0.05) is 19.1 Å². The number of nitrogens with one attached hydrogen (secondary N) is 1. The number of thiocarbonyl (C=S) groups is 1. The Morgan fingerprint density at radius 1 is 1.36 bits per heavy atom. The van der Waals surface area contributed by atoms with Gasteiger partial charge in [0.25, 0.3) is 0 Å². The van der Waals surface area contributed by atoms with Crippen LogP contribution in [0.3, 0.4) is 0 Å². The minimum Gasteiger partial charge on any atom is -0.493 e. The molecule has 1 aromatic carbocycles. The second-order valence-electron chi connectivity index (χ2n) is 5.68. The highest BCUT2D eigenvalue weighted by atomic mass is 32.1. The standard InChI is InChI=1S/C17H26N2O2S/c1-5-19-8-6-7-13(19)11-18-17(22)14-9-12(2)10-15(20-3)16(14)21-4/h9-10,13H,5-8,11H2,1-4H3,(H,18,22)/t13-/m0/s1. The molecule has 1 heterocycles. The van der Waals surface area contributed by atoms with Gasteiger partial charge in [0.05, 0.1) is 19.8 Å². The van der Waals surface area contributed by atoms with E-state index in [4.69, 9.17) is 21.7 Å². The molecule has 0 unspecified atom stereocenters. The molecule has 0 spiro atoms. The molecule has 122 valence electrons. The summed E-state index contributed by atoms with van der Waals surface area (Å²) in [6.45, 7) is 7.42. The van der Waals surface area contributed by atoms with Crippen molar-refractivity contribution in [2.24, 2.45) is 0 Å². The molecule has 0 aliphatic carbocycles. The van der Waals surface area contributed by atoms with Crippen molar-refractivity contribution in [1.82, 2.24) is 10.2 Å². The maximum absolute atomic E-state index is 5.59. The molecular formula is C17H26N2O2S. The first-order chi connectivity index (χ1) is 10.6. The highest BCUT2D eigenvalue weighted by Crippen LogP contribution is 2.32. The second kappa shape index (κ2) is 7.79. The molecule has 0 aromatic heterocycles. The zero-order valence-corrected chi connectivity index (χ0v) is 14.8. The molecule has 1 aliphatic heterocycles. The van der Waals surface area contributed by atoms with Crippen LogP contribution >= 0.6 is 12.2 Å². The molecule has 2 rings (SSSR count). The third-order valence-electron chi connectivity index (χ3n) is 4.27. The first-order valence-corrected chi connectivity index (χ1v) is 8.26. The summed E-state index contributed by atoms with van der Waals surface area (Å²) in [6, 6.07) is 4.57. The Morgan fingerprint density at radius 3 is 2.77 bits per heavy atom. The van der Waals surface area contributed by atoms with E-state index in [0.717, 1.165) is 35.0 Å². The normalized spacial score (nSPS) is 18.3. The fourth-order valence-electron chi connectivity index (χ4n) is 3.12. The van der Waals surface area contributed by atoms with Crippen molar-refractivity contribution in [3.63, 3.8) is 0 Å². The molecule has 1 aromatic rings. The fraction of sp³-hybridized carbons (Fsp3) is 0.588. The predicted octanol–water partition coefficient (Wildman–Crippen LogP) is 2.76. The lowest BCUT2D eigenvalue weighted by Gasteiger charge is -2.24. The van der Waals surface area contributed by atoms with Crippen LogP contribution in [0, 0.1) is 6.92 Å². The Hall–Kier alpha value is -1.33. The molecule has 0 saturated carbocycles. The van der Waals surface area contributed by atoms with Gasteiger partial charge in [-0.3, -0.25) is 4.90 Å². The van der Waals surface area contributed by atoms with Gasteiger partial charge < -0.3 is 14.8 Å². The van der Waals surface area contributed by atoms with E-state index in [1.807, 2.05) is 19.1 Å². The van der Waals surface area contributed by atoms with E-state index in [1.54, 1.807) is 14.2 Å². The second-order valence-corrected chi connectivity index (χ2v) is 6.09. The quantitative estimate of drug-likeness (QED) is 0.815. The van der Waals surface area contributed by atoms with Crippen LogP contribution in [0.4, 0.5) is 0 Å². The molecule has 1 aliphatic rings. The number of ether oxygens (including phenoxy) is 2. The van der Waals surface area contributed by atoms with Gasteiger partial charge in [0, 0.05) is 12.6 Å². The Morgan fingerprint density at radius 2 is 2.14 bits per heavy atom. The van der Waals surface area contributed by atoms with E-state index in [1.165, 1.54) is 19.4 Å². The van der Waals surface area contributed by atoms with Gasteiger partial charge in [0.1, 0.15) is 4.99 Å². The maximum atomic E-state index is 5.59. The summed E-state index contributed by atoms with van der Waals surface area (Å²) in [5, 5.41) is 3.41. The summed E-state index contributed by atoms with van der Waals surface area (Å²) in [5.41, 5.74) is 2.00. The van der Waals surface area contributed by atoms with Gasteiger partial charge in [-0.25, -0.2) is 0 Å². The SMILES string of the molecule is CCN1CCC[C@H]1CNC(=S)c1cc(C)cc(OC)c1OC. The van der Waals surface area contributed by atoms with Crippen molar-refractivity contribution >= 4 is 17.2 Å². The third-order valence-corrected chi connectivity index (χ3v) is 4.64. The molecule has 0 bridgehead atoms. The van der Waals surface area contributed by atoms with Crippen molar-refractivity contribution in [1.29, 1.82) is 0 Å². The molecule has 0 radical (unpaired) electrons. The Kier molecular flexibility index (Phi) is 6.03. The lowest BCUT2D eigenvalue weighted by atomic mass is 10.1. The highest BCUT2D eigenvalue weighted by molar-refractivity contribution is 7.80. The molecule has 4 nitrogen and oxygen atoms in total. The van der Waals surface area contributed by atoms with Gasteiger partial charge in [0.15, 0.2) is 11.5 Å². The number of hydrogen-bond donors (Lipinski definition) is 1. The largest absolute Gasteiger partial charge is 0.493 e. The van der Waals surface area contributed by atoms with Gasteiger partial charge >= 0.3 is 0 Å². The molecule has 1 saturated heterocycles. The number of likely N-dealkylation sites (tertiary alicyclic amines) is 1. The van der Waals surface area contributed by atoms with Gasteiger partial charge in [-0.15, -0.1) is 0 Å². The van der Waals surface area contributed by atoms with Gasteiger partial charge in [0.2, 0.25) is 0 Å². The van der Waals surface area contributed by atoms with Gasteiger partial charge in [-0.2, -0.15) is 0 Å². The lowest BCUT2D eigenvalue weighted by Crippen LogP contribution is -2.39. The van der Waals surface area contributed by atoms with Crippen molar-refractivity contribution in [3.05, 3.63) is 23.3 Å². The number of hydrogen-bond acceptors (Lipinski definition) is 4. The number of nitrogens with zero attached hydrogens (tertiary/aromatic N) is 1. The summed E-state index contributed by atoms with van der Waals surface area (Å²) in [5.74, 6) is 1.42. The molecule has 1 fully saturated rings. The van der Waals surface area contributed by atoms with E-state index in [0.29, 0.717) is 11.8 Å². The summed E-state index contributed by atoms with van der Waals surface area (Å²) in [6.07, 6.45) is 2.51. The van der Waals surface area contributed by atoms with Crippen LogP contribution in [-0.2, 0) is 0 Å². The van der Waals surface area contributed by atoms with Crippen LogP contribution < -0.4 is 14.8 Å². The van der Waals surface area contributed by atoms with E-state index in [9.17, 15) is 0 Å². The average Bonchev–Trinajstić information content (AvgIpc) is 2.99. The third kappa shape index (κ3) is 3.70. The summed E-state index contributed by atoms with van der Waals surface area (Å²) in [7, 11) is 3.30. The molecule has 22 heavy (non-hydrogen) atoms. The number of rotatable bonds is 6. The summed E-state index contributed by atoms with van der Waals surface area (Å²) in [4.78, 5) is 3.23. The Labute approximate surface area is 138 Å². The zero-order valence-electron chi connectivity index (χ0n) is 13.9. The van der Waals surface area contributed by atoms with Crippen molar-refractivity contribution in [3.8, 4) is 11.5 Å². The monoisotopic (exact) mass is 322 g/mol. The van der Waals surface area contributed by atoms with Crippen LogP contribution in [0.15, 0.2) is 12.1 Å². The zero-order chi connectivity index (χ0) is 16.1. The smallest absolute Gasteiger partial charge is 0.170 e. The van der Waals surface area contributed by atoms with Crippen molar-refractivity contribution in [2.45, 2.75) is 32.7 Å². The summed E-state index contributed by atoms with van der Waals surface area (Å²) < 4.78 is 10.9. The summed E-state index contributed by atoms with van der Waals surface area (Å²) >= 11 is 5.59. The Balaban J connectivity index is 2.10. The number of methoxy groups -OCH3 is 2. The van der Waals surface area contributed by atoms with E-state index in [-0.39, 0.29) is 0 Å². The van der Waals surface area contributed by atoms with Gasteiger partial charge in [-0.05, 0) is 50.6 Å². The van der Waals surface area contributed by atoms with Crippen LogP contribution in [0.2, 0.25) is 0 Å². The highest BCUT2D eigenvalue weighted by Gasteiger charge is 2.23. The number of aryl methyl sites for hydroxylation is 1. The number of benzene rings is 1. The molecule has 0 amide bonds. The molecular weight excluding hydrogens is 296 g/mol. The van der Waals surface area contributed by atoms with Crippen LogP contribution in [0.1, 0.15) is 30.9 Å². The first-order valence-electron chi connectivity index (χ1n) is 7.85. The fourth-order valence-corrected chi connectivity index (χ4v) is 3.35. The molecule has 1 atom stereocenters. The van der Waals surface area contributed by atoms with Crippen LogP contribution in [0.25, 0.3) is 0 Å². The molecule has 1 N–H and O–H groups in total. The maximum Gasteiger partial charge on any atom is 0.170 e. The van der Waals surface area contributed by atoms with Crippen molar-refractivity contribution < 1.29 is 9.47 Å². The van der Waals surface area contributed by atoms with E-state index in [2.05, 4.69) is 17.1 Å². The molecule has 5 heteroatoms.